The molecule has 0 unspecified atom stereocenters. The highest BCUT2D eigenvalue weighted by atomic mass is 35.5. The van der Waals surface area contributed by atoms with Crippen LogP contribution in [0.5, 0.6) is 0 Å². The highest BCUT2D eigenvalue weighted by molar-refractivity contribution is 7.90. The summed E-state index contributed by atoms with van der Waals surface area (Å²) >= 11 is 6.32. The van der Waals surface area contributed by atoms with Gasteiger partial charge in [-0.15, -0.1) is 0 Å². The highest BCUT2D eigenvalue weighted by Gasteiger charge is 2.35. The van der Waals surface area contributed by atoms with Gasteiger partial charge >= 0.3 is 0 Å². The van der Waals surface area contributed by atoms with Crippen molar-refractivity contribution in [2.75, 3.05) is 36.9 Å². The Bertz CT molecular complexity index is 1280. The van der Waals surface area contributed by atoms with Gasteiger partial charge in [-0.25, -0.2) is 18.1 Å². The van der Waals surface area contributed by atoms with E-state index in [1.807, 2.05) is 36.4 Å². The first-order valence-electron chi connectivity index (χ1n) is 12.0. The SMILES string of the molecule is O=S(=O)(NCc1ccc(Nc2nc(Nc3ccc(CN4CCOCC4)cc3)ncc2Cl)cc1)C1CC1. The fraction of sp³-hybridized carbons (Fsp3) is 0.360. The molecule has 3 aromatic rings. The van der Waals surface area contributed by atoms with Crippen LogP contribution in [0.3, 0.4) is 0 Å². The third-order valence-corrected chi connectivity index (χ3v) is 8.29. The lowest BCUT2D eigenvalue weighted by molar-refractivity contribution is 0.0342. The number of morpholine rings is 1. The van der Waals surface area contributed by atoms with E-state index in [9.17, 15) is 8.42 Å². The molecule has 1 aromatic heterocycles. The summed E-state index contributed by atoms with van der Waals surface area (Å²) in [5.41, 5.74) is 3.78. The van der Waals surface area contributed by atoms with Crippen LogP contribution < -0.4 is 15.4 Å². The smallest absolute Gasteiger partial charge is 0.229 e. The van der Waals surface area contributed by atoms with E-state index in [1.54, 1.807) is 6.20 Å². The molecule has 2 heterocycles. The molecule has 1 aliphatic heterocycles. The van der Waals surface area contributed by atoms with Crippen LogP contribution in [0.4, 0.5) is 23.1 Å². The minimum absolute atomic E-state index is 0.228. The van der Waals surface area contributed by atoms with Gasteiger partial charge in [-0.1, -0.05) is 35.9 Å². The van der Waals surface area contributed by atoms with Gasteiger partial charge in [-0.3, -0.25) is 4.90 Å². The van der Waals surface area contributed by atoms with Gasteiger partial charge in [0.1, 0.15) is 5.02 Å². The summed E-state index contributed by atoms with van der Waals surface area (Å²) in [5, 5.41) is 6.59. The summed E-state index contributed by atoms with van der Waals surface area (Å²) in [5.74, 6) is 0.897. The summed E-state index contributed by atoms with van der Waals surface area (Å²) in [6.45, 7) is 4.66. The van der Waals surface area contributed by atoms with Crippen LogP contribution in [0.2, 0.25) is 5.02 Å². The molecule has 0 spiro atoms. The molecule has 0 bridgehead atoms. The van der Waals surface area contributed by atoms with Crippen LogP contribution in [-0.4, -0.2) is 54.8 Å². The molecule has 36 heavy (non-hydrogen) atoms. The normalized spacial score (nSPS) is 16.6. The first kappa shape index (κ1) is 24.9. The van der Waals surface area contributed by atoms with Crippen molar-refractivity contribution in [3.05, 3.63) is 70.9 Å². The van der Waals surface area contributed by atoms with E-state index < -0.39 is 10.0 Å². The van der Waals surface area contributed by atoms with Gasteiger partial charge in [0, 0.05) is 37.6 Å². The molecule has 2 fully saturated rings. The van der Waals surface area contributed by atoms with Gasteiger partial charge in [-0.05, 0) is 48.2 Å². The summed E-state index contributed by atoms with van der Waals surface area (Å²) in [6.07, 6.45) is 3.04. The number of hydrogen-bond donors (Lipinski definition) is 3. The fourth-order valence-electron chi connectivity index (χ4n) is 3.88. The van der Waals surface area contributed by atoms with Crippen molar-refractivity contribution in [3.8, 4) is 0 Å². The molecule has 0 amide bonds. The molecule has 1 aliphatic carbocycles. The zero-order valence-corrected chi connectivity index (χ0v) is 21.4. The van der Waals surface area contributed by atoms with Crippen LogP contribution in [0, 0.1) is 0 Å². The Labute approximate surface area is 216 Å². The number of nitrogens with zero attached hydrogens (tertiary/aromatic N) is 3. The zero-order chi connectivity index (χ0) is 25.0. The van der Waals surface area contributed by atoms with Gasteiger partial charge in [0.15, 0.2) is 5.82 Å². The number of sulfonamides is 1. The van der Waals surface area contributed by atoms with Gasteiger partial charge in [0.05, 0.1) is 24.7 Å². The lowest BCUT2D eigenvalue weighted by Crippen LogP contribution is -2.35. The molecule has 0 radical (unpaired) electrons. The van der Waals surface area contributed by atoms with E-state index in [0.717, 1.165) is 62.6 Å². The van der Waals surface area contributed by atoms with E-state index in [4.69, 9.17) is 16.3 Å². The van der Waals surface area contributed by atoms with Crippen molar-refractivity contribution in [2.45, 2.75) is 31.2 Å². The van der Waals surface area contributed by atoms with Gasteiger partial charge in [-0.2, -0.15) is 4.98 Å². The van der Waals surface area contributed by atoms with Crippen LogP contribution in [0.25, 0.3) is 0 Å². The van der Waals surface area contributed by atoms with Crippen molar-refractivity contribution in [1.29, 1.82) is 0 Å². The van der Waals surface area contributed by atoms with E-state index >= 15 is 0 Å². The Morgan fingerprint density at radius 2 is 1.58 bits per heavy atom. The second-order valence-corrected chi connectivity index (χ2v) is 11.4. The fourth-order valence-corrected chi connectivity index (χ4v) is 5.38. The molecule has 190 valence electrons. The lowest BCUT2D eigenvalue weighted by atomic mass is 10.2. The van der Waals surface area contributed by atoms with Crippen molar-refractivity contribution in [1.82, 2.24) is 19.6 Å². The molecule has 11 heteroatoms. The minimum Gasteiger partial charge on any atom is -0.379 e. The van der Waals surface area contributed by atoms with Crippen molar-refractivity contribution < 1.29 is 13.2 Å². The van der Waals surface area contributed by atoms with Crippen molar-refractivity contribution in [2.24, 2.45) is 0 Å². The second kappa shape index (κ2) is 11.1. The van der Waals surface area contributed by atoms with E-state index in [-0.39, 0.29) is 11.8 Å². The van der Waals surface area contributed by atoms with Gasteiger partial charge in [0.2, 0.25) is 16.0 Å². The van der Waals surface area contributed by atoms with Crippen LogP contribution >= 0.6 is 11.6 Å². The predicted octanol–water partition coefficient (Wildman–Crippen LogP) is 4.03. The maximum absolute atomic E-state index is 12.0. The summed E-state index contributed by atoms with van der Waals surface area (Å²) in [6, 6.07) is 15.7. The van der Waals surface area contributed by atoms with E-state index in [2.05, 4.69) is 42.4 Å². The molecule has 3 N–H and O–H groups in total. The standard InChI is InChI=1S/C25H29ClN6O3S/c26-23-16-27-25(30-21-7-3-19(4-8-21)17-32-11-13-35-14-12-32)31-24(23)29-20-5-1-18(2-6-20)15-28-36(33,34)22-9-10-22/h1-8,16,22,28H,9-15,17H2,(H2,27,29,30,31). The Hall–Kier alpha value is -2.76. The molecule has 0 atom stereocenters. The number of halogens is 1. The van der Waals surface area contributed by atoms with Gasteiger partial charge < -0.3 is 15.4 Å². The lowest BCUT2D eigenvalue weighted by Gasteiger charge is -2.26. The number of rotatable bonds is 10. The summed E-state index contributed by atoms with van der Waals surface area (Å²) in [4.78, 5) is 11.2. The topological polar surface area (TPSA) is 108 Å². The number of nitrogens with one attached hydrogen (secondary N) is 3. The third kappa shape index (κ3) is 6.71. The highest BCUT2D eigenvalue weighted by Crippen LogP contribution is 2.28. The van der Waals surface area contributed by atoms with E-state index in [0.29, 0.717) is 16.8 Å². The van der Waals surface area contributed by atoms with Crippen LogP contribution in [-0.2, 0) is 27.8 Å². The average Bonchev–Trinajstić information content (AvgIpc) is 3.74. The molecule has 2 aliphatic rings. The van der Waals surface area contributed by atoms with Crippen LogP contribution in [0.1, 0.15) is 24.0 Å². The maximum atomic E-state index is 12.0. The van der Waals surface area contributed by atoms with Crippen molar-refractivity contribution in [3.63, 3.8) is 0 Å². The van der Waals surface area contributed by atoms with E-state index in [1.165, 1.54) is 5.56 Å². The molecule has 5 rings (SSSR count). The number of anilines is 4. The van der Waals surface area contributed by atoms with Crippen LogP contribution in [0.15, 0.2) is 54.7 Å². The van der Waals surface area contributed by atoms with Crippen molar-refractivity contribution >= 4 is 44.8 Å². The Kier molecular flexibility index (Phi) is 7.68. The molecule has 1 saturated carbocycles. The average molecular weight is 529 g/mol. The quantitative estimate of drug-likeness (QED) is 0.362. The first-order chi connectivity index (χ1) is 17.4. The third-order valence-electron chi connectivity index (χ3n) is 6.12. The number of benzene rings is 2. The predicted molar refractivity (Wildman–Crippen MR) is 141 cm³/mol. The zero-order valence-electron chi connectivity index (χ0n) is 19.8. The number of ether oxygens (including phenoxy) is 1. The van der Waals surface area contributed by atoms with Gasteiger partial charge in [0.25, 0.3) is 0 Å². The number of aromatic nitrogens is 2. The summed E-state index contributed by atoms with van der Waals surface area (Å²) in [7, 11) is -3.20. The monoisotopic (exact) mass is 528 g/mol. The molecular weight excluding hydrogens is 500 g/mol. The first-order valence-corrected chi connectivity index (χ1v) is 13.9. The Morgan fingerprint density at radius 1 is 0.944 bits per heavy atom. The molecular formula is C25H29ClN6O3S. The molecule has 2 aromatic carbocycles. The minimum atomic E-state index is -3.20. The summed E-state index contributed by atoms with van der Waals surface area (Å²) < 4.78 is 32.1. The number of hydrogen-bond acceptors (Lipinski definition) is 8. The molecule has 9 nitrogen and oxygen atoms in total. The Morgan fingerprint density at radius 3 is 2.25 bits per heavy atom. The Balaban J connectivity index is 1.18. The maximum Gasteiger partial charge on any atom is 0.229 e. The second-order valence-electron chi connectivity index (χ2n) is 8.99. The largest absolute Gasteiger partial charge is 0.379 e. The molecule has 1 saturated heterocycles.